The highest BCUT2D eigenvalue weighted by atomic mass is 35.5. The van der Waals surface area contributed by atoms with Crippen LogP contribution in [0.1, 0.15) is 39.2 Å². The largest absolute Gasteiger partial charge is 0.490 e. The van der Waals surface area contributed by atoms with Gasteiger partial charge in [0.1, 0.15) is 11.8 Å². The molecule has 0 spiro atoms. The Morgan fingerprint density at radius 2 is 1.83 bits per heavy atom. The maximum absolute atomic E-state index is 13.3. The van der Waals surface area contributed by atoms with Crippen molar-refractivity contribution in [1.82, 2.24) is 10.2 Å². The van der Waals surface area contributed by atoms with Gasteiger partial charge in [-0.1, -0.05) is 43.1 Å². The number of hydrogen-bond donors (Lipinski definition) is 1. The number of hydrogen-bond acceptors (Lipinski definition) is 6. The van der Waals surface area contributed by atoms with Crippen LogP contribution in [-0.2, 0) is 16.1 Å². The first kappa shape index (κ1) is 28.2. The molecule has 0 heterocycles. The number of nitrogens with one attached hydrogen (secondary N) is 1. The zero-order valence-electron chi connectivity index (χ0n) is 20.0. The topological polar surface area (TPSA) is 111 Å². The van der Waals surface area contributed by atoms with Crippen LogP contribution in [-0.4, -0.2) is 47.4 Å². The Kier molecular flexibility index (Phi) is 10.6. The van der Waals surface area contributed by atoms with Gasteiger partial charge in [0.2, 0.25) is 11.7 Å². The van der Waals surface area contributed by atoms with E-state index in [4.69, 9.17) is 32.7 Å². The Balaban J connectivity index is 2.28. The molecule has 2 atom stereocenters. The Bertz CT molecular complexity index is 1070. The normalized spacial score (nSPS) is 12.4. The molecule has 2 amide bonds. The fourth-order valence-corrected chi connectivity index (χ4v) is 3.64. The number of nitro benzene ring substituents is 1. The van der Waals surface area contributed by atoms with Crippen LogP contribution in [0, 0.1) is 10.1 Å². The van der Waals surface area contributed by atoms with Crippen LogP contribution in [0.2, 0.25) is 10.0 Å². The highest BCUT2D eigenvalue weighted by Gasteiger charge is 2.30. The van der Waals surface area contributed by atoms with Crippen molar-refractivity contribution >= 4 is 40.7 Å². The smallest absolute Gasteiger partial charge is 0.311 e. The predicted molar refractivity (Wildman–Crippen MR) is 134 cm³/mol. The Hall–Kier alpha value is -3.04. The highest BCUT2D eigenvalue weighted by Crippen LogP contribution is 2.31. The van der Waals surface area contributed by atoms with Crippen LogP contribution in [0.4, 0.5) is 5.69 Å². The number of benzene rings is 2. The van der Waals surface area contributed by atoms with E-state index in [1.807, 2.05) is 20.8 Å². The molecule has 9 nitrogen and oxygen atoms in total. The van der Waals surface area contributed by atoms with Crippen molar-refractivity contribution in [2.45, 2.75) is 52.2 Å². The summed E-state index contributed by atoms with van der Waals surface area (Å²) in [6, 6.07) is 8.15. The van der Waals surface area contributed by atoms with E-state index in [0.717, 1.165) is 6.42 Å². The lowest BCUT2D eigenvalue weighted by Crippen LogP contribution is -2.51. The van der Waals surface area contributed by atoms with E-state index in [9.17, 15) is 19.7 Å². The number of rotatable bonds is 12. The van der Waals surface area contributed by atoms with Gasteiger partial charge in [0.25, 0.3) is 5.91 Å². The molecule has 2 aromatic rings. The maximum atomic E-state index is 13.3. The lowest BCUT2D eigenvalue weighted by Gasteiger charge is -2.31. The van der Waals surface area contributed by atoms with Crippen LogP contribution in [0.3, 0.4) is 0 Å². The quantitative estimate of drug-likeness (QED) is 0.308. The number of amides is 2. The number of ether oxygens (including phenoxy) is 2. The summed E-state index contributed by atoms with van der Waals surface area (Å²) in [5, 5.41) is 14.7. The van der Waals surface area contributed by atoms with Crippen LogP contribution >= 0.6 is 23.2 Å². The first-order valence-corrected chi connectivity index (χ1v) is 11.9. The lowest BCUT2D eigenvalue weighted by atomic mass is 10.1. The van der Waals surface area contributed by atoms with Crippen molar-refractivity contribution in [3.63, 3.8) is 0 Å². The van der Waals surface area contributed by atoms with Gasteiger partial charge in [-0.05, 0) is 43.5 Å². The summed E-state index contributed by atoms with van der Waals surface area (Å²) in [6.07, 6.45) is 1.12. The molecular weight excluding hydrogens is 497 g/mol. The second-order valence-electron chi connectivity index (χ2n) is 7.89. The van der Waals surface area contributed by atoms with Gasteiger partial charge in [-0.3, -0.25) is 19.7 Å². The van der Waals surface area contributed by atoms with Crippen molar-refractivity contribution in [1.29, 1.82) is 0 Å². The molecule has 190 valence electrons. The Morgan fingerprint density at radius 3 is 2.40 bits per heavy atom. The molecule has 2 aromatic carbocycles. The number of nitrogens with zero attached hydrogens (tertiary/aromatic N) is 2. The van der Waals surface area contributed by atoms with Crippen LogP contribution < -0.4 is 14.8 Å². The summed E-state index contributed by atoms with van der Waals surface area (Å²) in [6.45, 7) is 5.38. The van der Waals surface area contributed by atoms with Crippen molar-refractivity contribution in [2.75, 3.05) is 13.7 Å². The number of carbonyl (C=O) groups excluding carboxylic acids is 2. The molecule has 0 aliphatic rings. The molecule has 35 heavy (non-hydrogen) atoms. The zero-order chi connectivity index (χ0) is 26.1. The van der Waals surface area contributed by atoms with E-state index in [-0.39, 0.29) is 35.7 Å². The Labute approximate surface area is 214 Å². The van der Waals surface area contributed by atoms with Crippen LogP contribution in [0.5, 0.6) is 11.5 Å². The molecular formula is C24H29Cl2N3O6. The van der Waals surface area contributed by atoms with Crippen molar-refractivity contribution in [3.05, 3.63) is 62.1 Å². The molecule has 0 unspecified atom stereocenters. The van der Waals surface area contributed by atoms with Gasteiger partial charge in [0.15, 0.2) is 6.61 Å². The van der Waals surface area contributed by atoms with E-state index >= 15 is 0 Å². The van der Waals surface area contributed by atoms with Gasteiger partial charge in [-0.15, -0.1) is 0 Å². The van der Waals surface area contributed by atoms with Gasteiger partial charge >= 0.3 is 5.69 Å². The number of nitro groups is 1. The molecule has 1 N–H and O–H groups in total. The summed E-state index contributed by atoms with van der Waals surface area (Å²) in [5.41, 5.74) is 0.472. The average molecular weight is 526 g/mol. The fraction of sp³-hybridized carbons (Fsp3) is 0.417. The van der Waals surface area contributed by atoms with Crippen molar-refractivity contribution < 1.29 is 24.0 Å². The SMILES string of the molecule is CC[C@H](C(=O)N[C@@H](C)CC)N(Cc1ccc(Cl)c(Cl)c1)C(=O)COc1ccc([N+](=O)[O-])c(OC)c1. The first-order chi connectivity index (χ1) is 16.6. The monoisotopic (exact) mass is 525 g/mol. The summed E-state index contributed by atoms with van der Waals surface area (Å²) >= 11 is 12.2. The molecule has 11 heteroatoms. The van der Waals surface area contributed by atoms with Crippen molar-refractivity contribution in [3.8, 4) is 11.5 Å². The predicted octanol–water partition coefficient (Wildman–Crippen LogP) is 5.01. The fourth-order valence-electron chi connectivity index (χ4n) is 3.32. The molecule has 2 rings (SSSR count). The molecule has 0 saturated heterocycles. The molecule has 0 saturated carbocycles. The van der Waals surface area contributed by atoms with Crippen molar-refractivity contribution in [2.24, 2.45) is 0 Å². The summed E-state index contributed by atoms with van der Waals surface area (Å²) in [7, 11) is 1.30. The maximum Gasteiger partial charge on any atom is 0.311 e. The first-order valence-electron chi connectivity index (χ1n) is 11.1. The third-order valence-corrected chi connectivity index (χ3v) is 6.17. The minimum Gasteiger partial charge on any atom is -0.490 e. The van der Waals surface area contributed by atoms with Gasteiger partial charge in [0, 0.05) is 24.7 Å². The van der Waals surface area contributed by atoms with Crippen LogP contribution in [0.25, 0.3) is 0 Å². The minimum absolute atomic E-state index is 0.00646. The molecule has 0 aromatic heterocycles. The van der Waals surface area contributed by atoms with Crippen LogP contribution in [0.15, 0.2) is 36.4 Å². The van der Waals surface area contributed by atoms with E-state index < -0.39 is 23.5 Å². The van der Waals surface area contributed by atoms with E-state index in [2.05, 4.69) is 5.32 Å². The number of carbonyl (C=O) groups is 2. The summed E-state index contributed by atoms with van der Waals surface area (Å²) < 4.78 is 10.7. The van der Waals surface area contributed by atoms with E-state index in [1.165, 1.54) is 30.2 Å². The second kappa shape index (κ2) is 13.2. The standard InChI is InChI=1S/C24H29Cl2N3O6/c1-5-15(3)27-24(31)20(6-2)28(13-16-7-9-18(25)19(26)11-16)23(30)14-35-17-8-10-21(29(32)33)22(12-17)34-4/h7-12,15,20H,5-6,13-14H2,1-4H3,(H,27,31)/t15-,20+/m0/s1. The number of methoxy groups -OCH3 is 1. The number of halogens is 2. The van der Waals surface area contributed by atoms with Gasteiger partial charge in [0.05, 0.1) is 22.1 Å². The molecule has 0 bridgehead atoms. The van der Waals surface area contributed by atoms with Gasteiger partial charge in [-0.25, -0.2) is 0 Å². The molecule has 0 aliphatic heterocycles. The van der Waals surface area contributed by atoms with Gasteiger partial charge < -0.3 is 19.7 Å². The molecule has 0 aliphatic carbocycles. The minimum atomic E-state index is -0.749. The highest BCUT2D eigenvalue weighted by molar-refractivity contribution is 6.42. The molecule has 0 fully saturated rings. The third kappa shape index (κ3) is 7.73. The van der Waals surface area contributed by atoms with Gasteiger partial charge in [-0.2, -0.15) is 0 Å². The average Bonchev–Trinajstić information content (AvgIpc) is 2.83. The summed E-state index contributed by atoms with van der Waals surface area (Å²) in [5.74, 6) is -0.494. The Morgan fingerprint density at radius 1 is 1.11 bits per heavy atom. The third-order valence-electron chi connectivity index (χ3n) is 5.43. The van der Waals surface area contributed by atoms with E-state index in [0.29, 0.717) is 22.0 Å². The summed E-state index contributed by atoms with van der Waals surface area (Å²) in [4.78, 5) is 38.2. The molecule has 0 radical (unpaired) electrons. The zero-order valence-corrected chi connectivity index (χ0v) is 21.6. The second-order valence-corrected chi connectivity index (χ2v) is 8.71. The lowest BCUT2D eigenvalue weighted by molar-refractivity contribution is -0.385. The van der Waals surface area contributed by atoms with E-state index in [1.54, 1.807) is 18.2 Å².